The molecule has 0 aromatic heterocycles. The van der Waals surface area contributed by atoms with E-state index in [0.717, 1.165) is 12.8 Å². The molecule has 1 aromatic rings. The Hall–Kier alpha value is -2.04. The van der Waals surface area contributed by atoms with Crippen molar-refractivity contribution in [2.75, 3.05) is 13.2 Å². The summed E-state index contributed by atoms with van der Waals surface area (Å²) in [4.78, 5) is 11.9. The Morgan fingerprint density at radius 1 is 1.37 bits per heavy atom. The molecule has 1 amide bonds. The number of nitrogens with zero attached hydrogens (tertiary/aromatic N) is 1. The fraction of sp³-hybridized carbons (Fsp3) is 0.429. The second-order valence-electron chi connectivity index (χ2n) is 3.83. The molecular formula is C14H20N2O3. The van der Waals surface area contributed by atoms with Crippen LogP contribution in [-0.4, -0.2) is 25.5 Å². The summed E-state index contributed by atoms with van der Waals surface area (Å²) in [6.07, 6.45) is 3.21. The highest BCUT2D eigenvalue weighted by atomic mass is 16.5. The normalized spacial score (nSPS) is 10.4. The van der Waals surface area contributed by atoms with Gasteiger partial charge in [0, 0.05) is 0 Å². The number of ether oxygens (including phenoxy) is 2. The minimum Gasteiger partial charge on any atom is -0.493 e. The minimum atomic E-state index is -0.317. The molecule has 1 rings (SSSR count). The van der Waals surface area contributed by atoms with Crippen LogP contribution in [0.2, 0.25) is 0 Å². The molecule has 1 N–H and O–H groups in total. The van der Waals surface area contributed by atoms with Gasteiger partial charge in [-0.15, -0.1) is 5.10 Å². The molecule has 1 aromatic carbocycles. The van der Waals surface area contributed by atoms with Crippen LogP contribution in [0, 0.1) is 0 Å². The lowest BCUT2D eigenvalue weighted by molar-refractivity contribution is 0.0949. The van der Waals surface area contributed by atoms with Gasteiger partial charge in [0.25, 0.3) is 5.91 Å². The van der Waals surface area contributed by atoms with Gasteiger partial charge in [0.05, 0.1) is 18.8 Å². The molecule has 0 fully saturated rings. The van der Waals surface area contributed by atoms with Crippen LogP contribution in [0.3, 0.4) is 0 Å². The summed E-state index contributed by atoms with van der Waals surface area (Å²) < 4.78 is 10.5. The van der Waals surface area contributed by atoms with Crippen LogP contribution in [0.25, 0.3) is 0 Å². The number of carbonyl (C=O) groups is 1. The molecule has 5 heteroatoms. The molecule has 0 atom stereocenters. The first-order valence-corrected chi connectivity index (χ1v) is 6.44. The van der Waals surface area contributed by atoms with Crippen molar-refractivity contribution < 1.29 is 14.3 Å². The first-order chi connectivity index (χ1) is 9.29. The number of benzene rings is 1. The van der Waals surface area contributed by atoms with Gasteiger partial charge in [-0.25, -0.2) is 5.43 Å². The standard InChI is InChI=1S/C14H20N2O3/c1-3-5-10-19-13-9-7-6-8-12(13)14(17)16-15-11-18-4-2/h6-9,11H,3-5,10H2,1-2H3,(H,16,17)/b15-11-. The molecular weight excluding hydrogens is 244 g/mol. The van der Waals surface area contributed by atoms with E-state index in [9.17, 15) is 4.79 Å². The number of carbonyl (C=O) groups excluding carboxylic acids is 1. The van der Waals surface area contributed by atoms with E-state index in [-0.39, 0.29) is 5.91 Å². The number of para-hydroxylation sites is 1. The zero-order valence-corrected chi connectivity index (χ0v) is 11.4. The summed E-state index contributed by atoms with van der Waals surface area (Å²) in [7, 11) is 0. The van der Waals surface area contributed by atoms with E-state index < -0.39 is 0 Å². The molecule has 0 radical (unpaired) electrons. The predicted molar refractivity (Wildman–Crippen MR) is 74.4 cm³/mol. The van der Waals surface area contributed by atoms with Crippen LogP contribution >= 0.6 is 0 Å². The van der Waals surface area contributed by atoms with Gasteiger partial charge in [0.15, 0.2) is 6.40 Å². The lowest BCUT2D eigenvalue weighted by Crippen LogP contribution is -2.19. The summed E-state index contributed by atoms with van der Waals surface area (Å²) in [5.41, 5.74) is 2.86. The van der Waals surface area contributed by atoms with Crippen molar-refractivity contribution in [3.63, 3.8) is 0 Å². The highest BCUT2D eigenvalue weighted by Gasteiger charge is 2.10. The van der Waals surface area contributed by atoms with Crippen LogP contribution in [0.1, 0.15) is 37.0 Å². The predicted octanol–water partition coefficient (Wildman–Crippen LogP) is 2.58. The average molecular weight is 264 g/mol. The summed E-state index contributed by atoms with van der Waals surface area (Å²) >= 11 is 0. The van der Waals surface area contributed by atoms with Crippen LogP contribution < -0.4 is 10.2 Å². The average Bonchev–Trinajstić information content (AvgIpc) is 2.44. The molecule has 0 unspecified atom stereocenters. The highest BCUT2D eigenvalue weighted by Crippen LogP contribution is 2.18. The zero-order valence-electron chi connectivity index (χ0n) is 11.4. The van der Waals surface area contributed by atoms with Crippen molar-refractivity contribution >= 4 is 12.3 Å². The number of nitrogens with one attached hydrogen (secondary N) is 1. The third-order valence-corrected chi connectivity index (χ3v) is 2.35. The van der Waals surface area contributed by atoms with Crippen molar-refractivity contribution in [1.82, 2.24) is 5.43 Å². The van der Waals surface area contributed by atoms with E-state index in [1.54, 1.807) is 18.2 Å². The molecule has 0 aliphatic carbocycles. The smallest absolute Gasteiger partial charge is 0.275 e. The molecule has 19 heavy (non-hydrogen) atoms. The van der Waals surface area contributed by atoms with Crippen LogP contribution in [0.5, 0.6) is 5.75 Å². The maximum Gasteiger partial charge on any atom is 0.275 e. The summed E-state index contributed by atoms with van der Waals surface area (Å²) in [6, 6.07) is 7.10. The van der Waals surface area contributed by atoms with Gasteiger partial charge in [0.2, 0.25) is 0 Å². The van der Waals surface area contributed by atoms with Crippen molar-refractivity contribution in [1.29, 1.82) is 0 Å². The van der Waals surface area contributed by atoms with E-state index in [2.05, 4.69) is 17.5 Å². The number of hydrogen-bond acceptors (Lipinski definition) is 4. The van der Waals surface area contributed by atoms with E-state index in [4.69, 9.17) is 9.47 Å². The molecule has 0 saturated carbocycles. The highest BCUT2D eigenvalue weighted by molar-refractivity contribution is 5.96. The quantitative estimate of drug-likeness (QED) is 0.340. The number of hydrogen-bond donors (Lipinski definition) is 1. The van der Waals surface area contributed by atoms with Gasteiger partial charge in [-0.1, -0.05) is 25.5 Å². The molecule has 5 nitrogen and oxygen atoms in total. The molecule has 0 aliphatic rings. The Bertz CT molecular complexity index is 419. The van der Waals surface area contributed by atoms with Gasteiger partial charge in [-0.2, -0.15) is 0 Å². The van der Waals surface area contributed by atoms with Gasteiger partial charge >= 0.3 is 0 Å². The molecule has 0 bridgehead atoms. The number of unbranched alkanes of at least 4 members (excludes halogenated alkanes) is 1. The Morgan fingerprint density at radius 2 is 2.16 bits per heavy atom. The van der Waals surface area contributed by atoms with Crippen LogP contribution in [0.4, 0.5) is 0 Å². The Labute approximate surface area is 113 Å². The van der Waals surface area contributed by atoms with Gasteiger partial charge in [-0.05, 0) is 25.5 Å². The molecule has 0 spiro atoms. The topological polar surface area (TPSA) is 59.9 Å². The van der Waals surface area contributed by atoms with Crippen molar-refractivity contribution in [3.8, 4) is 5.75 Å². The summed E-state index contributed by atoms with van der Waals surface area (Å²) in [5.74, 6) is 0.253. The minimum absolute atomic E-state index is 0.317. The van der Waals surface area contributed by atoms with Gasteiger partial charge in [-0.3, -0.25) is 4.79 Å². The molecule has 0 heterocycles. The van der Waals surface area contributed by atoms with Crippen molar-refractivity contribution in [2.24, 2.45) is 5.10 Å². The molecule has 0 saturated heterocycles. The zero-order chi connectivity index (χ0) is 13.9. The Morgan fingerprint density at radius 3 is 2.89 bits per heavy atom. The summed E-state index contributed by atoms with van der Waals surface area (Å²) in [5, 5.41) is 3.67. The number of rotatable bonds is 8. The largest absolute Gasteiger partial charge is 0.493 e. The van der Waals surface area contributed by atoms with Crippen LogP contribution in [-0.2, 0) is 4.74 Å². The first kappa shape index (κ1) is 15.0. The van der Waals surface area contributed by atoms with E-state index >= 15 is 0 Å². The fourth-order valence-electron chi connectivity index (χ4n) is 1.36. The Balaban J connectivity index is 2.62. The van der Waals surface area contributed by atoms with Crippen molar-refractivity contribution in [2.45, 2.75) is 26.7 Å². The van der Waals surface area contributed by atoms with Crippen LogP contribution in [0.15, 0.2) is 29.4 Å². The maximum atomic E-state index is 11.9. The fourth-order valence-corrected chi connectivity index (χ4v) is 1.36. The first-order valence-electron chi connectivity index (χ1n) is 6.44. The second-order valence-corrected chi connectivity index (χ2v) is 3.83. The third-order valence-electron chi connectivity index (χ3n) is 2.35. The third kappa shape index (κ3) is 5.42. The van der Waals surface area contributed by atoms with E-state index in [0.29, 0.717) is 24.5 Å². The Kier molecular flexibility index (Phi) is 7.09. The van der Waals surface area contributed by atoms with Crippen molar-refractivity contribution in [3.05, 3.63) is 29.8 Å². The lowest BCUT2D eigenvalue weighted by atomic mass is 10.2. The second kappa shape index (κ2) is 8.97. The molecule has 0 aliphatic heterocycles. The van der Waals surface area contributed by atoms with E-state index in [1.807, 2.05) is 13.0 Å². The number of hydrazone groups is 1. The van der Waals surface area contributed by atoms with Gasteiger partial charge < -0.3 is 9.47 Å². The van der Waals surface area contributed by atoms with E-state index in [1.165, 1.54) is 6.40 Å². The van der Waals surface area contributed by atoms with Gasteiger partial charge in [0.1, 0.15) is 5.75 Å². The SMILES string of the molecule is CCCCOc1ccccc1C(=O)N/N=C\OCC. The monoisotopic (exact) mass is 264 g/mol. The number of amides is 1. The lowest BCUT2D eigenvalue weighted by Gasteiger charge is -2.09. The maximum absolute atomic E-state index is 11.9. The molecule has 104 valence electrons. The summed E-state index contributed by atoms with van der Waals surface area (Å²) in [6.45, 7) is 5.04.